The second kappa shape index (κ2) is 10.1. The highest BCUT2D eigenvalue weighted by atomic mass is 35.5. The summed E-state index contributed by atoms with van der Waals surface area (Å²) in [4.78, 5) is 12.3. The van der Waals surface area contributed by atoms with Crippen LogP contribution in [-0.4, -0.2) is 53.7 Å². The first-order valence-corrected chi connectivity index (χ1v) is 8.69. The Hall–Kier alpha value is -2.38. The summed E-state index contributed by atoms with van der Waals surface area (Å²) in [5, 5.41) is 30.9. The molecule has 6 nitrogen and oxygen atoms in total. The number of carbonyl (C=O) groups is 1. The maximum atomic E-state index is 12.3. The normalized spacial score (nSPS) is 13.4. The summed E-state index contributed by atoms with van der Waals surface area (Å²) >= 11 is 5.88. The van der Waals surface area contributed by atoms with Crippen LogP contribution in [0.15, 0.2) is 42.5 Å². The van der Waals surface area contributed by atoms with E-state index in [9.17, 15) is 15.0 Å². The minimum absolute atomic E-state index is 0.178. The molecule has 7 heteroatoms. The number of carbonyl (C=O) groups excluding carboxylic acids is 1. The number of nitrogens with one attached hydrogen (secondary N) is 1. The van der Waals surface area contributed by atoms with Crippen molar-refractivity contribution in [1.82, 2.24) is 5.32 Å². The molecule has 0 saturated carbocycles. The highest BCUT2D eigenvalue weighted by Gasteiger charge is 2.17. The molecule has 2 rings (SSSR count). The van der Waals surface area contributed by atoms with Gasteiger partial charge >= 0.3 is 0 Å². The van der Waals surface area contributed by atoms with Crippen molar-refractivity contribution in [2.24, 2.45) is 0 Å². The van der Waals surface area contributed by atoms with E-state index in [0.29, 0.717) is 21.9 Å². The van der Waals surface area contributed by atoms with Crippen LogP contribution < -0.4 is 10.1 Å². The third-order valence-corrected chi connectivity index (χ3v) is 4.17. The van der Waals surface area contributed by atoms with Crippen LogP contribution in [0.1, 0.15) is 21.5 Å². The molecule has 27 heavy (non-hydrogen) atoms. The van der Waals surface area contributed by atoms with Gasteiger partial charge in [-0.15, -0.1) is 0 Å². The largest absolute Gasteiger partial charge is 0.496 e. The average molecular weight is 392 g/mol. The van der Waals surface area contributed by atoms with Gasteiger partial charge in [0.05, 0.1) is 19.8 Å². The second-order valence-corrected chi connectivity index (χ2v) is 6.31. The maximum Gasteiger partial charge on any atom is 0.251 e. The molecule has 2 aromatic rings. The number of hydrogen-bond donors (Lipinski definition) is 4. The number of halogens is 1. The van der Waals surface area contributed by atoms with Crippen molar-refractivity contribution < 1.29 is 24.9 Å². The fourth-order valence-electron chi connectivity index (χ4n) is 2.32. The molecular formula is C20H22ClNO5. The molecule has 0 unspecified atom stereocenters. The molecule has 0 saturated heterocycles. The lowest BCUT2D eigenvalue weighted by atomic mass is 10.1. The van der Waals surface area contributed by atoms with Crippen LogP contribution in [0.25, 0.3) is 12.2 Å². The summed E-state index contributed by atoms with van der Waals surface area (Å²) in [5.74, 6) is 0.190. The summed E-state index contributed by atoms with van der Waals surface area (Å²) in [6.45, 7) is -0.762. The van der Waals surface area contributed by atoms with Crippen molar-refractivity contribution in [3.8, 4) is 5.75 Å². The van der Waals surface area contributed by atoms with Gasteiger partial charge in [0, 0.05) is 22.7 Å². The number of rotatable bonds is 8. The molecule has 1 amide bonds. The zero-order valence-electron chi connectivity index (χ0n) is 14.8. The van der Waals surface area contributed by atoms with Crippen LogP contribution in [0, 0.1) is 0 Å². The van der Waals surface area contributed by atoms with Crippen LogP contribution in [0.2, 0.25) is 5.02 Å². The fourth-order valence-corrected chi connectivity index (χ4v) is 2.45. The van der Waals surface area contributed by atoms with E-state index < -0.39 is 24.7 Å². The monoisotopic (exact) mass is 391 g/mol. The van der Waals surface area contributed by atoms with E-state index in [1.54, 1.807) is 37.4 Å². The van der Waals surface area contributed by atoms with Crippen LogP contribution in [0.5, 0.6) is 5.75 Å². The van der Waals surface area contributed by atoms with Gasteiger partial charge in [-0.2, -0.15) is 0 Å². The Kier molecular flexibility index (Phi) is 7.82. The number of aliphatic hydroxyl groups excluding tert-OH is 3. The lowest BCUT2D eigenvalue weighted by Gasteiger charge is -2.16. The molecule has 0 aromatic heterocycles. The molecule has 0 fully saturated rings. The molecule has 0 radical (unpaired) electrons. The topological polar surface area (TPSA) is 99.0 Å². The Morgan fingerprint density at radius 3 is 2.48 bits per heavy atom. The Morgan fingerprint density at radius 1 is 1.15 bits per heavy atom. The Labute approximate surface area is 162 Å². The average Bonchev–Trinajstić information content (AvgIpc) is 2.70. The molecule has 0 bridgehead atoms. The first kappa shape index (κ1) is 20.9. The summed E-state index contributed by atoms with van der Waals surface area (Å²) in [6, 6.07) is 12.3. The molecule has 4 N–H and O–H groups in total. The summed E-state index contributed by atoms with van der Waals surface area (Å²) in [6.07, 6.45) is 1.14. The van der Waals surface area contributed by atoms with Crippen LogP contribution in [-0.2, 0) is 0 Å². The van der Waals surface area contributed by atoms with E-state index in [1.165, 1.54) is 0 Å². The second-order valence-electron chi connectivity index (χ2n) is 5.87. The van der Waals surface area contributed by atoms with Crippen molar-refractivity contribution in [1.29, 1.82) is 0 Å². The first-order valence-electron chi connectivity index (χ1n) is 8.31. The van der Waals surface area contributed by atoms with Crippen LogP contribution >= 0.6 is 11.6 Å². The van der Waals surface area contributed by atoms with Crippen molar-refractivity contribution in [2.45, 2.75) is 12.2 Å². The SMILES string of the molecule is COc1ccc(C(=O)NC[C@H](O)[C@@H](O)CO)cc1C=Cc1ccc(Cl)cc1. The van der Waals surface area contributed by atoms with E-state index >= 15 is 0 Å². The van der Waals surface area contributed by atoms with Gasteiger partial charge in [-0.3, -0.25) is 4.79 Å². The number of aliphatic hydroxyl groups is 3. The maximum absolute atomic E-state index is 12.3. The van der Waals surface area contributed by atoms with Crippen LogP contribution in [0.3, 0.4) is 0 Å². The quantitative estimate of drug-likeness (QED) is 0.516. The number of ether oxygens (including phenoxy) is 1. The highest BCUT2D eigenvalue weighted by molar-refractivity contribution is 6.30. The van der Waals surface area contributed by atoms with Crippen molar-refractivity contribution in [3.05, 3.63) is 64.2 Å². The fraction of sp³-hybridized carbons (Fsp3) is 0.250. The van der Waals surface area contributed by atoms with E-state index in [0.717, 1.165) is 5.56 Å². The minimum Gasteiger partial charge on any atom is -0.496 e. The summed E-state index contributed by atoms with van der Waals surface area (Å²) in [7, 11) is 1.54. The smallest absolute Gasteiger partial charge is 0.251 e. The van der Waals surface area contributed by atoms with Gasteiger partial charge in [0.1, 0.15) is 11.9 Å². The zero-order valence-corrected chi connectivity index (χ0v) is 15.6. The standard InChI is InChI=1S/C20H22ClNO5/c1-27-19-9-6-15(20(26)22-11-17(24)18(25)12-23)10-14(19)5-2-13-3-7-16(21)8-4-13/h2-10,17-18,23-25H,11-12H2,1H3,(H,22,26)/t17-,18-/m0/s1. The minimum atomic E-state index is -1.31. The van der Waals surface area contributed by atoms with Crippen LogP contribution in [0.4, 0.5) is 0 Å². The third-order valence-electron chi connectivity index (χ3n) is 3.92. The van der Waals surface area contributed by atoms with E-state index in [1.807, 2.05) is 24.3 Å². The number of benzene rings is 2. The molecule has 0 aliphatic rings. The Balaban J connectivity index is 2.14. The van der Waals surface area contributed by atoms with Crippen molar-refractivity contribution >= 4 is 29.7 Å². The van der Waals surface area contributed by atoms with Gasteiger partial charge < -0.3 is 25.4 Å². The van der Waals surface area contributed by atoms with Gasteiger partial charge in [0.2, 0.25) is 0 Å². The Bertz CT molecular complexity index is 791. The van der Waals surface area contributed by atoms with Gasteiger partial charge in [-0.1, -0.05) is 35.9 Å². The number of methoxy groups -OCH3 is 1. The lowest BCUT2D eigenvalue weighted by Crippen LogP contribution is -2.40. The number of hydrogen-bond acceptors (Lipinski definition) is 5. The molecule has 0 aliphatic heterocycles. The predicted octanol–water partition coefficient (Wildman–Crippen LogP) is 1.96. The summed E-state index contributed by atoms with van der Waals surface area (Å²) in [5.41, 5.74) is 2.02. The van der Waals surface area contributed by atoms with E-state index in [4.69, 9.17) is 21.4 Å². The molecule has 0 spiro atoms. The lowest BCUT2D eigenvalue weighted by molar-refractivity contribution is -0.0123. The molecular weight excluding hydrogens is 370 g/mol. The zero-order chi connectivity index (χ0) is 19.8. The molecule has 2 aromatic carbocycles. The van der Waals surface area contributed by atoms with Gasteiger partial charge in [0.15, 0.2) is 0 Å². The first-order chi connectivity index (χ1) is 12.9. The van der Waals surface area contributed by atoms with Gasteiger partial charge in [-0.25, -0.2) is 0 Å². The predicted molar refractivity (Wildman–Crippen MR) is 105 cm³/mol. The van der Waals surface area contributed by atoms with E-state index in [-0.39, 0.29) is 6.54 Å². The highest BCUT2D eigenvalue weighted by Crippen LogP contribution is 2.23. The summed E-state index contributed by atoms with van der Waals surface area (Å²) < 4.78 is 5.33. The third kappa shape index (κ3) is 6.08. The molecule has 0 aliphatic carbocycles. The van der Waals surface area contributed by atoms with Gasteiger partial charge in [-0.05, 0) is 35.9 Å². The van der Waals surface area contributed by atoms with Gasteiger partial charge in [0.25, 0.3) is 5.91 Å². The molecule has 0 heterocycles. The number of amides is 1. The van der Waals surface area contributed by atoms with E-state index in [2.05, 4.69) is 5.32 Å². The van der Waals surface area contributed by atoms with Crippen molar-refractivity contribution in [3.63, 3.8) is 0 Å². The molecule has 144 valence electrons. The van der Waals surface area contributed by atoms with Crippen molar-refractivity contribution in [2.75, 3.05) is 20.3 Å². The molecule has 2 atom stereocenters. The Morgan fingerprint density at radius 2 is 1.85 bits per heavy atom.